The van der Waals surface area contributed by atoms with Gasteiger partial charge in [-0.25, -0.2) is 4.39 Å². The molecule has 4 nitrogen and oxygen atoms in total. The van der Waals surface area contributed by atoms with E-state index in [-0.39, 0.29) is 11.7 Å². The Labute approximate surface area is 115 Å². The number of nitrogens with one attached hydrogen (secondary N) is 1. The van der Waals surface area contributed by atoms with Crippen LogP contribution in [0, 0.1) is 5.82 Å². The Morgan fingerprint density at radius 2 is 2.05 bits per heavy atom. The Hall–Kier alpha value is -2.43. The van der Waals surface area contributed by atoms with E-state index in [1.807, 2.05) is 6.07 Å². The molecule has 20 heavy (non-hydrogen) atoms. The Morgan fingerprint density at radius 3 is 2.85 bits per heavy atom. The molecule has 0 radical (unpaired) electrons. The highest BCUT2D eigenvalue weighted by atomic mass is 19.1. The third-order valence-electron chi connectivity index (χ3n) is 4.04. The zero-order valence-electron chi connectivity index (χ0n) is 10.6. The van der Waals surface area contributed by atoms with E-state index in [0.717, 1.165) is 16.9 Å². The average Bonchev–Trinajstić information content (AvgIpc) is 2.96. The maximum atomic E-state index is 13.1. The van der Waals surface area contributed by atoms with Crippen LogP contribution >= 0.6 is 0 Å². The Bertz CT molecular complexity index is 701. The second kappa shape index (κ2) is 3.79. The van der Waals surface area contributed by atoms with Crippen LogP contribution < -0.4 is 10.2 Å². The predicted octanol–water partition coefficient (Wildman–Crippen LogP) is 2.63. The van der Waals surface area contributed by atoms with E-state index in [0.29, 0.717) is 12.8 Å². The van der Waals surface area contributed by atoms with Crippen molar-refractivity contribution in [3.8, 4) is 0 Å². The molecule has 1 amide bonds. The minimum absolute atomic E-state index is 0.0635. The molecule has 1 atom stereocenters. The van der Waals surface area contributed by atoms with Gasteiger partial charge in [-0.1, -0.05) is 12.1 Å². The molecule has 0 saturated carbocycles. The number of anilines is 2. The van der Waals surface area contributed by atoms with Gasteiger partial charge in [0, 0.05) is 19.0 Å². The van der Waals surface area contributed by atoms with Crippen molar-refractivity contribution in [3.63, 3.8) is 0 Å². The first kappa shape index (κ1) is 11.4. The molecule has 1 saturated heterocycles. The van der Waals surface area contributed by atoms with E-state index in [9.17, 15) is 9.18 Å². The van der Waals surface area contributed by atoms with E-state index in [1.54, 1.807) is 29.4 Å². The summed E-state index contributed by atoms with van der Waals surface area (Å²) in [6, 6.07) is 8.16. The van der Waals surface area contributed by atoms with Crippen LogP contribution in [0.3, 0.4) is 0 Å². The normalized spacial score (nSPS) is 23.4. The van der Waals surface area contributed by atoms with Crippen molar-refractivity contribution < 1.29 is 9.18 Å². The van der Waals surface area contributed by atoms with Gasteiger partial charge in [0.1, 0.15) is 11.5 Å². The van der Waals surface area contributed by atoms with E-state index in [1.165, 1.54) is 12.1 Å². The monoisotopic (exact) mass is 269 g/mol. The second-order valence-electron chi connectivity index (χ2n) is 5.11. The SMILES string of the molecule is O=C1CCC2(c3ccc(F)cc3)Nc3ccncc3N12. The molecule has 2 aliphatic rings. The number of aromatic nitrogens is 1. The summed E-state index contributed by atoms with van der Waals surface area (Å²) in [5.74, 6) is -0.216. The van der Waals surface area contributed by atoms with E-state index >= 15 is 0 Å². The van der Waals surface area contributed by atoms with Gasteiger partial charge in [-0.15, -0.1) is 0 Å². The quantitative estimate of drug-likeness (QED) is 0.865. The lowest BCUT2D eigenvalue weighted by molar-refractivity contribution is -0.117. The number of nitrogens with zero attached hydrogens (tertiary/aromatic N) is 2. The third-order valence-corrected chi connectivity index (χ3v) is 4.04. The second-order valence-corrected chi connectivity index (χ2v) is 5.11. The topological polar surface area (TPSA) is 45.2 Å². The minimum atomic E-state index is -0.601. The van der Waals surface area contributed by atoms with Gasteiger partial charge in [0.25, 0.3) is 0 Å². The van der Waals surface area contributed by atoms with Crippen molar-refractivity contribution >= 4 is 17.3 Å². The molecule has 1 unspecified atom stereocenters. The van der Waals surface area contributed by atoms with Crippen LogP contribution in [-0.2, 0) is 10.5 Å². The first-order valence-corrected chi connectivity index (χ1v) is 6.52. The average molecular weight is 269 g/mol. The van der Waals surface area contributed by atoms with Gasteiger partial charge >= 0.3 is 0 Å². The number of fused-ring (bicyclic) bond motifs is 3. The first-order valence-electron chi connectivity index (χ1n) is 6.52. The van der Waals surface area contributed by atoms with Gasteiger partial charge in [0.15, 0.2) is 0 Å². The Morgan fingerprint density at radius 1 is 1.25 bits per heavy atom. The number of rotatable bonds is 1. The molecule has 100 valence electrons. The number of carbonyl (C=O) groups is 1. The Balaban J connectivity index is 1.90. The molecule has 1 N–H and O–H groups in total. The summed E-state index contributed by atoms with van der Waals surface area (Å²) in [6.07, 6.45) is 4.51. The van der Waals surface area contributed by atoms with Crippen molar-refractivity contribution in [2.45, 2.75) is 18.5 Å². The van der Waals surface area contributed by atoms with E-state index in [4.69, 9.17) is 0 Å². The molecule has 0 bridgehead atoms. The molecule has 0 aliphatic carbocycles. The summed E-state index contributed by atoms with van der Waals surface area (Å²) in [4.78, 5) is 18.1. The number of amides is 1. The summed E-state index contributed by atoms with van der Waals surface area (Å²) < 4.78 is 13.1. The highest BCUT2D eigenvalue weighted by Crippen LogP contribution is 2.50. The van der Waals surface area contributed by atoms with Crippen molar-refractivity contribution in [1.82, 2.24) is 4.98 Å². The summed E-state index contributed by atoms with van der Waals surface area (Å²) in [5, 5.41) is 3.42. The van der Waals surface area contributed by atoms with Gasteiger partial charge in [0.05, 0.1) is 17.6 Å². The lowest BCUT2D eigenvalue weighted by atomic mass is 9.97. The maximum absolute atomic E-state index is 13.1. The number of carbonyl (C=O) groups excluding carboxylic acids is 1. The number of halogens is 1. The van der Waals surface area contributed by atoms with E-state index < -0.39 is 5.66 Å². The number of benzene rings is 1. The third kappa shape index (κ3) is 1.35. The first-order chi connectivity index (χ1) is 9.71. The van der Waals surface area contributed by atoms with E-state index in [2.05, 4.69) is 10.3 Å². The van der Waals surface area contributed by atoms with Gasteiger partial charge in [-0.05, 0) is 23.8 Å². The lowest BCUT2D eigenvalue weighted by Gasteiger charge is -2.32. The fourth-order valence-electron chi connectivity index (χ4n) is 3.15. The molecular formula is C15H12FN3O. The van der Waals surface area contributed by atoms with Crippen molar-refractivity contribution in [3.05, 3.63) is 54.1 Å². The summed E-state index contributed by atoms with van der Waals surface area (Å²) in [5.41, 5.74) is 1.97. The van der Waals surface area contributed by atoms with Crippen LogP contribution in [-0.4, -0.2) is 10.9 Å². The lowest BCUT2D eigenvalue weighted by Crippen LogP contribution is -2.44. The zero-order valence-corrected chi connectivity index (χ0v) is 10.6. The molecule has 4 rings (SSSR count). The maximum Gasteiger partial charge on any atom is 0.229 e. The van der Waals surface area contributed by atoms with Gasteiger partial charge in [0.2, 0.25) is 5.91 Å². The number of pyridine rings is 1. The fraction of sp³-hybridized carbons (Fsp3) is 0.200. The zero-order chi connectivity index (χ0) is 13.7. The molecule has 1 aromatic heterocycles. The molecule has 1 aromatic carbocycles. The fourth-order valence-corrected chi connectivity index (χ4v) is 3.15. The summed E-state index contributed by atoms with van der Waals surface area (Å²) in [7, 11) is 0. The molecular weight excluding hydrogens is 257 g/mol. The van der Waals surface area contributed by atoms with Gasteiger partial charge in [-0.2, -0.15) is 0 Å². The van der Waals surface area contributed by atoms with Crippen molar-refractivity contribution in [1.29, 1.82) is 0 Å². The van der Waals surface area contributed by atoms with Gasteiger partial charge < -0.3 is 5.32 Å². The van der Waals surface area contributed by atoms with Crippen LogP contribution in [0.1, 0.15) is 18.4 Å². The molecule has 2 aromatic rings. The van der Waals surface area contributed by atoms with Crippen LogP contribution in [0.15, 0.2) is 42.7 Å². The molecule has 5 heteroatoms. The van der Waals surface area contributed by atoms with Crippen molar-refractivity contribution in [2.24, 2.45) is 0 Å². The molecule has 3 heterocycles. The number of hydrogen-bond donors (Lipinski definition) is 1. The standard InChI is InChI=1S/C15H12FN3O/c16-11-3-1-10(2-4-11)15-7-5-14(20)19(15)13-9-17-8-6-12(13)18-15/h1-4,6,8-9,18H,5,7H2. The van der Waals surface area contributed by atoms with Gasteiger partial charge in [-0.3, -0.25) is 14.7 Å². The Kier molecular flexibility index (Phi) is 2.16. The predicted molar refractivity (Wildman–Crippen MR) is 72.7 cm³/mol. The highest BCUT2D eigenvalue weighted by molar-refractivity contribution is 6.03. The largest absolute Gasteiger partial charge is 0.357 e. The van der Waals surface area contributed by atoms with Crippen LogP contribution in [0.25, 0.3) is 0 Å². The molecule has 0 spiro atoms. The van der Waals surface area contributed by atoms with Crippen LogP contribution in [0.4, 0.5) is 15.8 Å². The molecule has 2 aliphatic heterocycles. The highest BCUT2D eigenvalue weighted by Gasteiger charge is 2.52. The minimum Gasteiger partial charge on any atom is -0.357 e. The van der Waals surface area contributed by atoms with Crippen LogP contribution in [0.2, 0.25) is 0 Å². The molecule has 1 fully saturated rings. The smallest absolute Gasteiger partial charge is 0.229 e. The summed E-state index contributed by atoms with van der Waals surface area (Å²) in [6.45, 7) is 0. The van der Waals surface area contributed by atoms with Crippen LogP contribution in [0.5, 0.6) is 0 Å². The van der Waals surface area contributed by atoms with Crippen molar-refractivity contribution in [2.75, 3.05) is 10.2 Å². The number of hydrogen-bond acceptors (Lipinski definition) is 3. The summed E-state index contributed by atoms with van der Waals surface area (Å²) >= 11 is 0.